The summed E-state index contributed by atoms with van der Waals surface area (Å²) in [6, 6.07) is 12.3. The monoisotopic (exact) mass is 451 g/mol. The van der Waals surface area contributed by atoms with Crippen LogP contribution in [0.2, 0.25) is 5.02 Å². The van der Waals surface area contributed by atoms with E-state index in [2.05, 4.69) is 32.1 Å². The van der Waals surface area contributed by atoms with Crippen LogP contribution < -0.4 is 16.2 Å². The molecule has 2 aromatic rings. The first-order valence-corrected chi connectivity index (χ1v) is 9.05. The third-order valence-electron chi connectivity index (χ3n) is 3.28. The molecule has 0 aromatic heterocycles. The topological polar surface area (TPSA) is 70.2 Å². The van der Waals surface area contributed by atoms with Crippen LogP contribution in [0.1, 0.15) is 21.5 Å². The van der Waals surface area contributed by atoms with Gasteiger partial charge in [0.15, 0.2) is 5.11 Å². The molecule has 0 saturated carbocycles. The third-order valence-corrected chi connectivity index (χ3v) is 4.68. The lowest BCUT2D eigenvalue weighted by Gasteiger charge is -2.10. The van der Waals surface area contributed by atoms with Crippen LogP contribution in [0.5, 0.6) is 0 Å². The molecular formula is C18H15BrClN3O2S. The minimum atomic E-state index is -0.449. The number of rotatable bonds is 3. The summed E-state index contributed by atoms with van der Waals surface area (Å²) in [7, 11) is 0. The Morgan fingerprint density at radius 1 is 1.15 bits per heavy atom. The van der Waals surface area contributed by atoms with Gasteiger partial charge in [0.2, 0.25) is 5.91 Å². The number of halogens is 2. The molecule has 2 amide bonds. The number of benzene rings is 2. The van der Waals surface area contributed by atoms with Gasteiger partial charge >= 0.3 is 0 Å². The van der Waals surface area contributed by atoms with Crippen molar-refractivity contribution in [3.63, 3.8) is 0 Å². The highest BCUT2D eigenvalue weighted by Crippen LogP contribution is 2.17. The minimum absolute atomic E-state index is 0.0293. The molecular weight excluding hydrogens is 438 g/mol. The Hall–Kier alpha value is -2.22. The first kappa shape index (κ1) is 20.1. The molecule has 0 heterocycles. The molecule has 0 atom stereocenters. The molecule has 0 saturated heterocycles. The maximum Gasteiger partial charge on any atom is 0.269 e. The smallest absolute Gasteiger partial charge is 0.269 e. The predicted octanol–water partition coefficient (Wildman–Crippen LogP) is 3.76. The van der Waals surface area contributed by atoms with Crippen molar-refractivity contribution in [2.75, 3.05) is 0 Å². The molecule has 0 aliphatic rings. The quantitative estimate of drug-likeness (QED) is 0.377. The molecule has 0 aliphatic carbocycles. The fraction of sp³-hybridized carbons (Fsp3) is 0.0556. The molecule has 0 unspecified atom stereocenters. The van der Waals surface area contributed by atoms with E-state index in [-0.39, 0.29) is 11.0 Å². The van der Waals surface area contributed by atoms with Gasteiger partial charge in [-0.1, -0.05) is 51.8 Å². The summed E-state index contributed by atoms with van der Waals surface area (Å²) in [6.07, 6.45) is 2.87. The summed E-state index contributed by atoms with van der Waals surface area (Å²) < 4.78 is 0.825. The molecule has 134 valence electrons. The number of nitrogens with one attached hydrogen (secondary N) is 3. The van der Waals surface area contributed by atoms with Gasteiger partial charge in [-0.15, -0.1) is 0 Å². The number of aryl methyl sites for hydroxylation is 1. The summed E-state index contributed by atoms with van der Waals surface area (Å²) in [4.78, 5) is 23.9. The average molecular weight is 453 g/mol. The number of carbonyl (C=O) groups excluding carboxylic acids is 2. The van der Waals surface area contributed by atoms with Crippen molar-refractivity contribution in [1.82, 2.24) is 16.2 Å². The van der Waals surface area contributed by atoms with Crippen molar-refractivity contribution in [2.24, 2.45) is 0 Å². The van der Waals surface area contributed by atoms with E-state index in [1.807, 2.05) is 19.1 Å². The van der Waals surface area contributed by atoms with E-state index in [1.165, 1.54) is 6.08 Å². The Morgan fingerprint density at radius 2 is 1.88 bits per heavy atom. The second-order valence-corrected chi connectivity index (χ2v) is 6.89. The van der Waals surface area contributed by atoms with Crippen molar-refractivity contribution in [1.29, 1.82) is 0 Å². The van der Waals surface area contributed by atoms with Crippen molar-refractivity contribution in [3.8, 4) is 0 Å². The van der Waals surface area contributed by atoms with Crippen LogP contribution in [0.4, 0.5) is 0 Å². The predicted molar refractivity (Wildman–Crippen MR) is 111 cm³/mol. The molecule has 0 bridgehead atoms. The standard InChI is InChI=1S/C18H15BrClN3O2S/c1-11-6-7-13(10-14(11)19)17(25)22-23-18(26)21-16(24)9-8-12-4-2-3-5-15(12)20/h2-10H,1H3,(H,22,25)(H2,21,23,24,26)/b9-8+. The highest BCUT2D eigenvalue weighted by Gasteiger charge is 2.08. The van der Waals surface area contributed by atoms with Crippen molar-refractivity contribution < 1.29 is 9.59 Å². The van der Waals surface area contributed by atoms with Crippen LogP contribution >= 0.6 is 39.7 Å². The van der Waals surface area contributed by atoms with E-state index in [9.17, 15) is 9.59 Å². The van der Waals surface area contributed by atoms with Gasteiger partial charge in [0.1, 0.15) is 0 Å². The number of thiocarbonyl (C=S) groups is 1. The van der Waals surface area contributed by atoms with E-state index >= 15 is 0 Å². The zero-order valence-corrected chi connectivity index (χ0v) is 16.8. The van der Waals surface area contributed by atoms with Gasteiger partial charge in [0.25, 0.3) is 5.91 Å². The normalized spacial score (nSPS) is 10.4. The second-order valence-electron chi connectivity index (χ2n) is 5.22. The zero-order valence-electron chi connectivity index (χ0n) is 13.7. The summed E-state index contributed by atoms with van der Waals surface area (Å²) in [5.41, 5.74) is 7.08. The molecule has 0 spiro atoms. The van der Waals surface area contributed by atoms with Gasteiger partial charge in [0.05, 0.1) is 0 Å². The third kappa shape index (κ3) is 5.94. The first-order valence-electron chi connectivity index (χ1n) is 7.47. The largest absolute Gasteiger partial charge is 0.298 e. The van der Waals surface area contributed by atoms with Crippen LogP contribution in [-0.2, 0) is 4.79 Å². The number of hydrogen-bond donors (Lipinski definition) is 3. The molecule has 0 radical (unpaired) electrons. The fourth-order valence-corrected chi connectivity index (χ4v) is 2.61. The number of hydrazine groups is 1. The minimum Gasteiger partial charge on any atom is -0.298 e. The Morgan fingerprint density at radius 3 is 2.58 bits per heavy atom. The average Bonchev–Trinajstić information content (AvgIpc) is 2.61. The Labute approximate surface area is 169 Å². The Kier molecular flexibility index (Phi) is 7.32. The van der Waals surface area contributed by atoms with Gasteiger partial charge in [-0.25, -0.2) is 0 Å². The van der Waals surface area contributed by atoms with Crippen LogP contribution in [0.3, 0.4) is 0 Å². The second kappa shape index (κ2) is 9.47. The van der Waals surface area contributed by atoms with Crippen LogP contribution in [0, 0.1) is 6.92 Å². The molecule has 0 fully saturated rings. The zero-order chi connectivity index (χ0) is 19.1. The van der Waals surface area contributed by atoms with Gasteiger partial charge < -0.3 is 0 Å². The van der Waals surface area contributed by atoms with E-state index in [0.29, 0.717) is 16.1 Å². The van der Waals surface area contributed by atoms with Crippen LogP contribution in [-0.4, -0.2) is 16.9 Å². The van der Waals surface area contributed by atoms with Gasteiger partial charge in [0, 0.05) is 21.1 Å². The van der Waals surface area contributed by atoms with Gasteiger partial charge in [-0.05, 0) is 54.5 Å². The number of amides is 2. The maximum absolute atomic E-state index is 12.1. The molecule has 0 aliphatic heterocycles. The van der Waals surface area contributed by atoms with Crippen molar-refractivity contribution in [3.05, 3.63) is 74.7 Å². The highest BCUT2D eigenvalue weighted by atomic mass is 79.9. The van der Waals surface area contributed by atoms with E-state index in [0.717, 1.165) is 10.0 Å². The maximum atomic E-state index is 12.1. The molecule has 3 N–H and O–H groups in total. The first-order chi connectivity index (χ1) is 12.4. The lowest BCUT2D eigenvalue weighted by atomic mass is 10.1. The number of carbonyl (C=O) groups is 2. The molecule has 2 aromatic carbocycles. The van der Waals surface area contributed by atoms with E-state index in [4.69, 9.17) is 23.8 Å². The van der Waals surface area contributed by atoms with Crippen LogP contribution in [0.15, 0.2) is 53.0 Å². The van der Waals surface area contributed by atoms with E-state index in [1.54, 1.807) is 36.4 Å². The Balaban J connectivity index is 1.84. The number of hydrogen-bond acceptors (Lipinski definition) is 3. The molecule has 26 heavy (non-hydrogen) atoms. The van der Waals surface area contributed by atoms with Crippen molar-refractivity contribution >= 4 is 62.8 Å². The SMILES string of the molecule is Cc1ccc(C(=O)NNC(=S)NC(=O)/C=C/c2ccccc2Cl)cc1Br. The van der Waals surface area contributed by atoms with Crippen LogP contribution in [0.25, 0.3) is 6.08 Å². The fourth-order valence-electron chi connectivity index (χ4n) is 1.88. The lowest BCUT2D eigenvalue weighted by molar-refractivity contribution is -0.115. The summed E-state index contributed by atoms with van der Waals surface area (Å²) in [5, 5.41) is 2.93. The lowest BCUT2D eigenvalue weighted by Crippen LogP contribution is -2.48. The molecule has 5 nitrogen and oxygen atoms in total. The van der Waals surface area contributed by atoms with Gasteiger partial charge in [-0.2, -0.15) is 0 Å². The van der Waals surface area contributed by atoms with Gasteiger partial charge in [-0.3, -0.25) is 25.8 Å². The Bertz CT molecular complexity index is 886. The molecule has 2 rings (SSSR count). The summed E-state index contributed by atoms with van der Waals surface area (Å²) in [5.74, 6) is -0.830. The van der Waals surface area contributed by atoms with E-state index < -0.39 is 5.91 Å². The molecule has 8 heteroatoms. The summed E-state index contributed by atoms with van der Waals surface area (Å²) in [6.45, 7) is 1.92. The highest BCUT2D eigenvalue weighted by molar-refractivity contribution is 9.10. The summed E-state index contributed by atoms with van der Waals surface area (Å²) >= 11 is 14.3. The van der Waals surface area contributed by atoms with Crippen molar-refractivity contribution in [2.45, 2.75) is 6.92 Å².